The van der Waals surface area contributed by atoms with Gasteiger partial charge in [-0.15, -0.1) is 0 Å². The van der Waals surface area contributed by atoms with Gasteiger partial charge in [-0.1, -0.05) is 0 Å². The Balaban J connectivity index is 1.19. The van der Waals surface area contributed by atoms with Crippen LogP contribution in [0, 0.1) is 0 Å². The molecule has 2 aromatic heterocycles. The summed E-state index contributed by atoms with van der Waals surface area (Å²) < 4.78 is 5.53. The number of piperazine rings is 1. The number of amides is 1. The van der Waals surface area contributed by atoms with Crippen molar-refractivity contribution >= 4 is 34.7 Å². The molecule has 0 spiro atoms. The number of nitrogens with one attached hydrogen (secondary N) is 2. The second-order valence-corrected chi connectivity index (χ2v) is 11.7. The van der Waals surface area contributed by atoms with Gasteiger partial charge in [0.1, 0.15) is 11.5 Å². The van der Waals surface area contributed by atoms with Crippen molar-refractivity contribution in [2.45, 2.75) is 37.8 Å². The van der Waals surface area contributed by atoms with Gasteiger partial charge in [-0.05, 0) is 69.1 Å². The summed E-state index contributed by atoms with van der Waals surface area (Å²) in [6.45, 7) is 8.09. The Hall–Kier alpha value is -4.00. The first-order valence-electron chi connectivity index (χ1n) is 15.3. The zero-order valence-electron chi connectivity index (χ0n) is 24.8. The van der Waals surface area contributed by atoms with Crippen LogP contribution in [0.25, 0.3) is 11.3 Å². The topological polar surface area (TPSA) is 151 Å². The van der Waals surface area contributed by atoms with Crippen molar-refractivity contribution in [3.63, 3.8) is 0 Å². The lowest BCUT2D eigenvalue weighted by molar-refractivity contribution is 0.0904. The first kappa shape index (κ1) is 29.1. The summed E-state index contributed by atoms with van der Waals surface area (Å²) in [5.74, 6) is 0.525. The van der Waals surface area contributed by atoms with Gasteiger partial charge in [-0.2, -0.15) is 0 Å². The van der Waals surface area contributed by atoms with Gasteiger partial charge in [-0.3, -0.25) is 9.69 Å². The van der Waals surface area contributed by atoms with Crippen LogP contribution < -0.4 is 27.0 Å². The van der Waals surface area contributed by atoms with E-state index in [1.165, 1.54) is 31.6 Å². The summed E-state index contributed by atoms with van der Waals surface area (Å²) in [6.07, 6.45) is 5.65. The van der Waals surface area contributed by atoms with Gasteiger partial charge in [0.25, 0.3) is 5.91 Å². The Kier molecular flexibility index (Phi) is 8.87. The van der Waals surface area contributed by atoms with Crippen LogP contribution in [0.15, 0.2) is 42.6 Å². The number of primary amides is 1. The second kappa shape index (κ2) is 13.1. The lowest BCUT2D eigenvalue weighted by Crippen LogP contribution is -2.52. The molecule has 228 valence electrons. The van der Waals surface area contributed by atoms with Crippen LogP contribution in [-0.2, 0) is 4.74 Å². The largest absolute Gasteiger partial charge is 0.384 e. The van der Waals surface area contributed by atoms with Crippen molar-refractivity contribution in [3.8, 4) is 11.3 Å². The molecule has 0 bridgehead atoms. The molecular formula is C31H42N10O2. The summed E-state index contributed by atoms with van der Waals surface area (Å²) in [5, 5.41) is 6.82. The first-order valence-corrected chi connectivity index (χ1v) is 15.3. The monoisotopic (exact) mass is 586 g/mol. The summed E-state index contributed by atoms with van der Waals surface area (Å²) in [6, 6.07) is 12.6. The number of rotatable bonds is 8. The molecule has 3 fully saturated rings. The van der Waals surface area contributed by atoms with E-state index in [-0.39, 0.29) is 11.7 Å². The number of likely N-dealkylation sites (N-methyl/N-ethyl adjacent to an activating group) is 1. The molecule has 0 saturated carbocycles. The number of nitrogen functional groups attached to an aromatic ring is 1. The highest BCUT2D eigenvalue weighted by Gasteiger charge is 2.27. The van der Waals surface area contributed by atoms with Crippen LogP contribution in [0.3, 0.4) is 0 Å². The van der Waals surface area contributed by atoms with Crippen molar-refractivity contribution in [1.29, 1.82) is 0 Å². The normalized spacial score (nSPS) is 19.3. The summed E-state index contributed by atoms with van der Waals surface area (Å²) in [5.41, 5.74) is 15.0. The minimum Gasteiger partial charge on any atom is -0.384 e. The molecule has 43 heavy (non-hydrogen) atoms. The number of ether oxygens (including phenoxy) is 1. The van der Waals surface area contributed by atoms with E-state index in [1.807, 2.05) is 12.1 Å². The van der Waals surface area contributed by atoms with E-state index in [4.69, 9.17) is 26.2 Å². The van der Waals surface area contributed by atoms with Crippen LogP contribution in [0.4, 0.5) is 28.8 Å². The first-order chi connectivity index (χ1) is 20.9. The number of carbonyl (C=O) groups excluding carboxylic acids is 1. The minimum absolute atomic E-state index is 0.0537. The van der Waals surface area contributed by atoms with Gasteiger partial charge in [0.2, 0.25) is 0 Å². The third kappa shape index (κ3) is 6.98. The van der Waals surface area contributed by atoms with E-state index in [1.54, 1.807) is 18.3 Å². The van der Waals surface area contributed by atoms with Crippen molar-refractivity contribution < 1.29 is 9.53 Å². The third-order valence-electron chi connectivity index (χ3n) is 8.76. The fourth-order valence-corrected chi connectivity index (χ4v) is 6.20. The molecule has 1 amide bonds. The molecule has 0 atom stereocenters. The Morgan fingerprint density at radius 1 is 0.930 bits per heavy atom. The molecule has 5 heterocycles. The summed E-state index contributed by atoms with van der Waals surface area (Å²) >= 11 is 0. The van der Waals surface area contributed by atoms with Gasteiger partial charge < -0.3 is 36.6 Å². The smallest absolute Gasteiger partial charge is 0.271 e. The van der Waals surface area contributed by atoms with E-state index in [2.05, 4.69) is 49.5 Å². The molecule has 6 N–H and O–H groups in total. The van der Waals surface area contributed by atoms with Crippen LogP contribution in [0.5, 0.6) is 0 Å². The number of carbonyl (C=O) groups is 1. The van der Waals surface area contributed by atoms with Crippen molar-refractivity contribution in [1.82, 2.24) is 24.8 Å². The molecule has 12 heteroatoms. The molecule has 3 saturated heterocycles. The molecule has 6 rings (SSSR count). The average molecular weight is 587 g/mol. The van der Waals surface area contributed by atoms with E-state index in [0.717, 1.165) is 44.7 Å². The SMILES string of the molecule is CN1CCN(C2CCN(c3ccc(Nc4nc(NC5CCOCC5)c(-c5ccnc(N)c5)nc4C(N)=O)cc3)CC2)CC1. The summed E-state index contributed by atoms with van der Waals surface area (Å²) in [7, 11) is 2.21. The minimum atomic E-state index is -0.671. The van der Waals surface area contributed by atoms with Crippen LogP contribution >= 0.6 is 0 Å². The third-order valence-corrected chi connectivity index (χ3v) is 8.76. The molecule has 0 aliphatic carbocycles. The maximum atomic E-state index is 12.6. The molecular weight excluding hydrogens is 544 g/mol. The number of hydrogen-bond donors (Lipinski definition) is 4. The Morgan fingerprint density at radius 2 is 1.65 bits per heavy atom. The second-order valence-electron chi connectivity index (χ2n) is 11.7. The highest BCUT2D eigenvalue weighted by atomic mass is 16.5. The molecule has 12 nitrogen and oxygen atoms in total. The number of aromatic nitrogens is 3. The molecule has 3 aromatic rings. The van der Waals surface area contributed by atoms with E-state index in [0.29, 0.717) is 48.0 Å². The standard InChI is InChI=1S/C31H42N10O2/c1-39-14-16-41(17-15-39)25-7-12-40(13-8-25)24-4-2-22(3-5-24)35-31-28(29(33)42)37-27(21-6-11-34-26(32)20-21)30(38-31)36-23-9-18-43-19-10-23/h2-6,11,20,23,25H,7-10,12-19H2,1H3,(H2,32,34)(H2,33,42)(H2,35,36,38). The van der Waals surface area contributed by atoms with E-state index in [9.17, 15) is 4.79 Å². The molecule has 1 aromatic carbocycles. The maximum absolute atomic E-state index is 12.6. The molecule has 0 radical (unpaired) electrons. The van der Waals surface area contributed by atoms with E-state index < -0.39 is 5.91 Å². The number of nitrogens with two attached hydrogens (primary N) is 2. The number of benzene rings is 1. The maximum Gasteiger partial charge on any atom is 0.271 e. The predicted molar refractivity (Wildman–Crippen MR) is 170 cm³/mol. The quantitative estimate of drug-likeness (QED) is 0.308. The van der Waals surface area contributed by atoms with Gasteiger partial charge in [0.05, 0.1) is 0 Å². The summed E-state index contributed by atoms with van der Waals surface area (Å²) in [4.78, 5) is 33.7. The van der Waals surface area contributed by atoms with E-state index >= 15 is 0 Å². The van der Waals surface area contributed by atoms with Gasteiger partial charge in [0.15, 0.2) is 17.3 Å². The lowest BCUT2D eigenvalue weighted by Gasteiger charge is -2.42. The van der Waals surface area contributed by atoms with Crippen molar-refractivity contribution in [2.75, 3.05) is 80.8 Å². The van der Waals surface area contributed by atoms with Crippen LogP contribution in [0.1, 0.15) is 36.2 Å². The predicted octanol–water partition coefficient (Wildman–Crippen LogP) is 2.77. The number of nitrogens with zero attached hydrogens (tertiary/aromatic N) is 6. The number of piperidine rings is 1. The zero-order chi connectivity index (χ0) is 29.8. The number of pyridine rings is 1. The van der Waals surface area contributed by atoms with Gasteiger partial charge >= 0.3 is 0 Å². The fraction of sp³-hybridized carbons (Fsp3) is 0.484. The van der Waals surface area contributed by atoms with Gasteiger partial charge in [0, 0.05) is 87.7 Å². The highest BCUT2D eigenvalue weighted by molar-refractivity contribution is 5.97. The van der Waals surface area contributed by atoms with Crippen LogP contribution in [-0.4, -0.2) is 102 Å². The van der Waals surface area contributed by atoms with Crippen LogP contribution in [0.2, 0.25) is 0 Å². The lowest BCUT2D eigenvalue weighted by atomic mass is 10.0. The number of hydrogen-bond acceptors (Lipinski definition) is 11. The highest BCUT2D eigenvalue weighted by Crippen LogP contribution is 2.32. The van der Waals surface area contributed by atoms with Crippen molar-refractivity contribution in [3.05, 3.63) is 48.3 Å². The average Bonchev–Trinajstić information content (AvgIpc) is 3.02. The molecule has 0 unspecified atom stereocenters. The van der Waals surface area contributed by atoms with Gasteiger partial charge in [-0.25, -0.2) is 15.0 Å². The van der Waals surface area contributed by atoms with Crippen molar-refractivity contribution in [2.24, 2.45) is 5.73 Å². The Morgan fingerprint density at radius 3 is 2.33 bits per heavy atom. The molecule has 3 aliphatic rings. The Labute approximate surface area is 252 Å². The Bertz CT molecular complexity index is 1400. The molecule has 3 aliphatic heterocycles. The fourth-order valence-electron chi connectivity index (χ4n) is 6.20. The number of anilines is 5. The zero-order valence-corrected chi connectivity index (χ0v) is 24.8.